The molecule has 0 saturated heterocycles. The van der Waals surface area contributed by atoms with E-state index in [-0.39, 0.29) is 17.8 Å². The summed E-state index contributed by atoms with van der Waals surface area (Å²) in [6, 6.07) is 41.4. The lowest BCUT2D eigenvalue weighted by Crippen LogP contribution is -2.61. The van der Waals surface area contributed by atoms with Gasteiger partial charge >= 0.3 is 24.0 Å². The Bertz CT molecular complexity index is 2950. The van der Waals surface area contributed by atoms with E-state index >= 15 is 9.59 Å². The molecule has 0 aliphatic carbocycles. The summed E-state index contributed by atoms with van der Waals surface area (Å²) in [5.41, 5.74) is 6.40. The van der Waals surface area contributed by atoms with Gasteiger partial charge in [-0.1, -0.05) is 121 Å². The monoisotopic (exact) mass is 894 g/mol. The maximum atomic E-state index is 15.4. The van der Waals surface area contributed by atoms with E-state index < -0.39 is 54.3 Å². The highest BCUT2D eigenvalue weighted by molar-refractivity contribution is 6.12. The number of benzene rings is 6. The lowest BCUT2D eigenvalue weighted by molar-refractivity contribution is -0.140. The summed E-state index contributed by atoms with van der Waals surface area (Å²) >= 11 is 0. The molecular weight excluding hydrogens is 849 g/mol. The SMILES string of the molecule is COC(=O)Cc1cccc(N(C(=O)NC2C=C(c3ccccc3)c3ccccc3N(C)C2=O)N(C(=O)NC2C=C(c3ccccc3)c3ccccc3N(C)C2=O)c2cccc(CC(=O)O)c2)c1. The number of anilines is 4. The Morgan fingerprint density at radius 3 is 1.37 bits per heavy atom. The number of fused-ring (bicyclic) bond motifs is 2. The summed E-state index contributed by atoms with van der Waals surface area (Å²) in [4.78, 5) is 87.4. The maximum absolute atomic E-state index is 15.4. The van der Waals surface area contributed by atoms with Crippen LogP contribution in [0, 0.1) is 0 Å². The number of hydrazine groups is 1. The van der Waals surface area contributed by atoms with Gasteiger partial charge in [-0.2, -0.15) is 10.0 Å². The van der Waals surface area contributed by atoms with E-state index in [0.717, 1.165) is 32.3 Å². The molecule has 8 rings (SSSR count). The van der Waals surface area contributed by atoms with Gasteiger partial charge in [0.15, 0.2) is 0 Å². The molecule has 2 aliphatic rings. The number of carbonyl (C=O) groups is 6. The first-order valence-electron chi connectivity index (χ1n) is 21.4. The van der Waals surface area contributed by atoms with Crippen molar-refractivity contribution in [3.8, 4) is 0 Å². The number of hydrogen-bond acceptors (Lipinski definition) is 7. The quantitative estimate of drug-likeness (QED) is 0.0932. The number of carboxylic acids is 1. The standard InChI is InChI=1S/C53H46N6O8/c1-56-46-26-12-10-24-40(46)42(36-18-6-4-7-19-36)32-44(50(56)63)54-52(65)58(38-22-14-16-34(28-38)30-48(60)61)59(39-23-15-17-35(29-39)31-49(62)67-3)53(66)55-45-33-43(37-20-8-5-9-21-37)41-25-11-13-27-47(41)57(2)51(45)64/h4-29,32-33,44-45H,30-31H2,1-3H3,(H,54,65)(H,55,66)(H,60,61). The van der Waals surface area contributed by atoms with Gasteiger partial charge in [-0.05, 0) is 82.0 Å². The van der Waals surface area contributed by atoms with Crippen LogP contribution in [0.15, 0.2) is 170 Å². The second kappa shape index (κ2) is 19.5. The van der Waals surface area contributed by atoms with Crippen LogP contribution in [0.1, 0.15) is 33.4 Å². The molecule has 0 spiro atoms. The average Bonchev–Trinajstić information content (AvgIpc) is 3.51. The van der Waals surface area contributed by atoms with Crippen LogP contribution in [-0.4, -0.2) is 74.2 Å². The fourth-order valence-electron chi connectivity index (χ4n) is 8.29. The number of likely N-dealkylation sites (N-methyl/N-ethyl adjacent to an activating group) is 2. The van der Waals surface area contributed by atoms with Gasteiger partial charge in [0, 0.05) is 25.2 Å². The zero-order chi connectivity index (χ0) is 47.2. The van der Waals surface area contributed by atoms with Crippen LogP contribution in [0.25, 0.3) is 11.1 Å². The van der Waals surface area contributed by atoms with Gasteiger partial charge < -0.3 is 30.3 Å². The number of carboxylic acid groups (broad SMARTS) is 1. The highest BCUT2D eigenvalue weighted by atomic mass is 16.5. The number of esters is 1. The molecule has 0 aromatic heterocycles. The molecule has 3 N–H and O–H groups in total. The smallest absolute Gasteiger partial charge is 0.342 e. The molecule has 2 aliphatic heterocycles. The third-order valence-electron chi connectivity index (χ3n) is 11.5. The zero-order valence-corrected chi connectivity index (χ0v) is 36.8. The number of hydrogen-bond donors (Lipinski definition) is 3. The lowest BCUT2D eigenvalue weighted by atomic mass is 9.95. The number of urea groups is 2. The fourth-order valence-corrected chi connectivity index (χ4v) is 8.29. The van der Waals surface area contributed by atoms with Crippen molar-refractivity contribution in [2.75, 3.05) is 41.0 Å². The summed E-state index contributed by atoms with van der Waals surface area (Å²) < 4.78 is 4.94. The first kappa shape index (κ1) is 44.8. The van der Waals surface area contributed by atoms with E-state index in [1.54, 1.807) is 56.6 Å². The first-order chi connectivity index (χ1) is 32.4. The largest absolute Gasteiger partial charge is 0.481 e. The Kier molecular flexibility index (Phi) is 13.1. The minimum Gasteiger partial charge on any atom is -0.481 e. The van der Waals surface area contributed by atoms with Gasteiger partial charge in [0.05, 0.1) is 42.7 Å². The fraction of sp³-hybridized carbons (Fsp3) is 0.132. The van der Waals surface area contributed by atoms with Crippen molar-refractivity contribution in [3.05, 3.63) is 203 Å². The number of aliphatic carboxylic acids is 1. The van der Waals surface area contributed by atoms with Gasteiger partial charge in [0.1, 0.15) is 12.1 Å². The lowest BCUT2D eigenvalue weighted by Gasteiger charge is -2.36. The summed E-state index contributed by atoms with van der Waals surface area (Å²) in [6.45, 7) is 0. The highest BCUT2D eigenvalue weighted by Crippen LogP contribution is 2.37. The second-order valence-electron chi connectivity index (χ2n) is 15.9. The average molecular weight is 895 g/mol. The predicted molar refractivity (Wildman–Crippen MR) is 256 cm³/mol. The second-order valence-corrected chi connectivity index (χ2v) is 15.9. The molecule has 336 valence electrons. The van der Waals surface area contributed by atoms with Crippen LogP contribution in [0.4, 0.5) is 32.3 Å². The van der Waals surface area contributed by atoms with Gasteiger partial charge in [0.2, 0.25) is 0 Å². The van der Waals surface area contributed by atoms with Crippen molar-refractivity contribution in [2.45, 2.75) is 24.9 Å². The molecule has 2 unspecified atom stereocenters. The molecular formula is C53H46N6O8. The van der Waals surface area contributed by atoms with E-state index in [9.17, 15) is 24.3 Å². The van der Waals surface area contributed by atoms with Crippen LogP contribution < -0.4 is 30.5 Å². The molecule has 0 saturated carbocycles. The summed E-state index contributed by atoms with van der Waals surface area (Å²) in [6.07, 6.45) is 2.71. The highest BCUT2D eigenvalue weighted by Gasteiger charge is 2.38. The minimum absolute atomic E-state index is 0.0342. The Morgan fingerprint density at radius 1 is 0.552 bits per heavy atom. The number of para-hydroxylation sites is 2. The molecule has 6 amide bonds. The predicted octanol–water partition coefficient (Wildman–Crippen LogP) is 7.63. The molecule has 6 aromatic rings. The van der Waals surface area contributed by atoms with Crippen LogP contribution in [0.5, 0.6) is 0 Å². The Hall–Kier alpha value is -8.78. The van der Waals surface area contributed by atoms with Gasteiger partial charge in [-0.25, -0.2) is 9.59 Å². The first-order valence-corrected chi connectivity index (χ1v) is 21.4. The van der Waals surface area contributed by atoms with Crippen LogP contribution in [0.2, 0.25) is 0 Å². The Labute approximate surface area is 387 Å². The minimum atomic E-state index is -1.31. The molecule has 2 heterocycles. The third kappa shape index (κ3) is 9.54. The van der Waals surface area contributed by atoms with Gasteiger partial charge in [-0.15, -0.1) is 0 Å². The van der Waals surface area contributed by atoms with E-state index in [2.05, 4.69) is 10.6 Å². The van der Waals surface area contributed by atoms with Crippen LogP contribution in [0.3, 0.4) is 0 Å². The van der Waals surface area contributed by atoms with Crippen molar-refractivity contribution in [2.24, 2.45) is 0 Å². The molecule has 0 bridgehead atoms. The molecule has 6 aromatic carbocycles. The number of nitrogens with zero attached hydrogens (tertiary/aromatic N) is 4. The molecule has 0 radical (unpaired) electrons. The number of carbonyl (C=O) groups excluding carboxylic acids is 5. The van der Waals surface area contributed by atoms with E-state index in [1.165, 1.54) is 35.1 Å². The number of rotatable bonds is 10. The summed E-state index contributed by atoms with van der Waals surface area (Å²) in [7, 11) is 4.47. The molecule has 2 atom stereocenters. The summed E-state index contributed by atoms with van der Waals surface area (Å²) in [5, 5.41) is 17.6. The Morgan fingerprint density at radius 2 is 0.955 bits per heavy atom. The van der Waals surface area contributed by atoms with E-state index in [4.69, 9.17) is 4.74 Å². The molecule has 14 heteroatoms. The normalized spacial score (nSPS) is 15.4. The molecule has 67 heavy (non-hydrogen) atoms. The van der Waals surface area contributed by atoms with Crippen LogP contribution in [-0.2, 0) is 36.8 Å². The zero-order valence-electron chi connectivity index (χ0n) is 36.8. The molecule has 0 fully saturated rings. The van der Waals surface area contributed by atoms with Crippen molar-refractivity contribution in [3.63, 3.8) is 0 Å². The Balaban J connectivity index is 1.28. The van der Waals surface area contributed by atoms with Gasteiger partial charge in [-0.3, -0.25) is 19.2 Å². The maximum Gasteiger partial charge on any atom is 0.342 e. The third-order valence-corrected chi connectivity index (χ3v) is 11.5. The van der Waals surface area contributed by atoms with Crippen molar-refractivity contribution in [1.82, 2.24) is 10.6 Å². The number of ether oxygens (including phenoxy) is 1. The molecule has 14 nitrogen and oxygen atoms in total. The van der Waals surface area contributed by atoms with Crippen molar-refractivity contribution < 1.29 is 38.6 Å². The van der Waals surface area contributed by atoms with Crippen molar-refractivity contribution in [1.29, 1.82) is 0 Å². The number of amides is 6. The number of methoxy groups -OCH3 is 1. The van der Waals surface area contributed by atoms with E-state index in [1.807, 2.05) is 109 Å². The van der Waals surface area contributed by atoms with Gasteiger partial charge in [0.25, 0.3) is 11.8 Å². The van der Waals surface area contributed by atoms with Crippen LogP contribution >= 0.6 is 0 Å². The summed E-state index contributed by atoms with van der Waals surface area (Å²) in [5.74, 6) is -2.68. The topological polar surface area (TPSA) is 169 Å². The van der Waals surface area contributed by atoms with Crippen molar-refractivity contribution >= 4 is 69.7 Å². The van der Waals surface area contributed by atoms with E-state index in [0.29, 0.717) is 33.6 Å². The number of nitrogens with one attached hydrogen (secondary N) is 2.